The zero-order valence-corrected chi connectivity index (χ0v) is 17.7. The van der Waals surface area contributed by atoms with Crippen molar-refractivity contribution in [2.45, 2.75) is 26.8 Å². The zero-order valence-electron chi connectivity index (χ0n) is 16.8. The lowest BCUT2D eigenvalue weighted by molar-refractivity contribution is -0.885. The number of aromatic nitrogens is 1. The maximum absolute atomic E-state index is 12.1. The summed E-state index contributed by atoms with van der Waals surface area (Å²) in [6, 6.07) is 3.84. The van der Waals surface area contributed by atoms with Crippen LogP contribution >= 0.6 is 11.3 Å². The second-order valence-corrected chi connectivity index (χ2v) is 7.54. The fourth-order valence-corrected chi connectivity index (χ4v) is 3.49. The lowest BCUT2D eigenvalue weighted by atomic mass is 10.1. The highest BCUT2D eigenvalue weighted by Gasteiger charge is 2.15. The average Bonchev–Trinajstić information content (AvgIpc) is 3.05. The van der Waals surface area contributed by atoms with Gasteiger partial charge < -0.3 is 14.4 Å². The van der Waals surface area contributed by atoms with Crippen molar-refractivity contribution in [2.24, 2.45) is 0 Å². The van der Waals surface area contributed by atoms with Gasteiger partial charge >= 0.3 is 0 Å². The summed E-state index contributed by atoms with van der Waals surface area (Å²) in [5.41, 5.74) is 7.89. The highest BCUT2D eigenvalue weighted by Crippen LogP contribution is 2.29. The number of benzene rings is 1. The van der Waals surface area contributed by atoms with Crippen LogP contribution in [0, 0.1) is 13.8 Å². The molecule has 8 nitrogen and oxygen atoms in total. The molecule has 2 rings (SSSR count). The number of carbonyl (C=O) groups excluding carboxylic acids is 2. The summed E-state index contributed by atoms with van der Waals surface area (Å²) in [6.07, 6.45) is 0.145. The number of quaternary nitrogens is 1. The molecule has 9 heteroatoms. The Hall–Kier alpha value is -2.65. The summed E-state index contributed by atoms with van der Waals surface area (Å²) >= 11 is 1.42. The Balaban J connectivity index is 1.83. The molecule has 1 unspecified atom stereocenters. The van der Waals surface area contributed by atoms with Crippen LogP contribution in [-0.2, 0) is 22.6 Å². The molecule has 1 heterocycles. The first kappa shape index (κ1) is 21.6. The number of hydrogen-bond donors (Lipinski definition) is 3. The first-order chi connectivity index (χ1) is 13.3. The van der Waals surface area contributed by atoms with Gasteiger partial charge in [-0.3, -0.25) is 20.4 Å². The first-order valence-corrected chi connectivity index (χ1v) is 9.71. The fourth-order valence-electron chi connectivity index (χ4n) is 2.72. The van der Waals surface area contributed by atoms with Crippen molar-refractivity contribution in [3.63, 3.8) is 0 Å². The van der Waals surface area contributed by atoms with Gasteiger partial charge in [0.05, 0.1) is 27.7 Å². The van der Waals surface area contributed by atoms with Crippen LogP contribution in [0.1, 0.15) is 21.8 Å². The van der Waals surface area contributed by atoms with Crippen molar-refractivity contribution in [1.29, 1.82) is 0 Å². The van der Waals surface area contributed by atoms with E-state index in [2.05, 4.69) is 15.8 Å². The highest BCUT2D eigenvalue weighted by atomic mass is 32.1. The molecule has 0 aliphatic rings. The number of methoxy groups -OCH3 is 2. The van der Waals surface area contributed by atoms with E-state index in [9.17, 15) is 9.59 Å². The van der Waals surface area contributed by atoms with Crippen LogP contribution in [0.3, 0.4) is 0 Å². The van der Waals surface area contributed by atoms with Gasteiger partial charge in [0.1, 0.15) is 11.6 Å². The van der Waals surface area contributed by atoms with Crippen LogP contribution in [0.5, 0.6) is 11.5 Å². The SMILES string of the molecule is COc1cc(C)c(C[NH+](C)CC(=O)NNC(=O)Cc2nc(C)cs2)cc1OC. The molecule has 0 aliphatic heterocycles. The summed E-state index contributed by atoms with van der Waals surface area (Å²) in [5, 5.41) is 2.60. The Kier molecular flexibility index (Phi) is 7.77. The topological polar surface area (TPSA) is 94.0 Å². The standard InChI is InChI=1S/C19H26N4O4S/c1-12-6-15(26-4)16(27-5)7-14(12)9-23(3)10-18(25)22-21-17(24)8-19-20-13(2)11-28-19/h6-7,11H,8-10H2,1-5H3,(H,21,24)(H,22,25)/p+1. The molecule has 0 aliphatic carbocycles. The third-order valence-corrected chi connectivity index (χ3v) is 5.08. The number of nitrogens with zero attached hydrogens (tertiary/aromatic N) is 1. The average molecular weight is 408 g/mol. The van der Waals surface area contributed by atoms with E-state index in [1.54, 1.807) is 14.2 Å². The molecule has 1 aromatic heterocycles. The number of ether oxygens (including phenoxy) is 2. The van der Waals surface area contributed by atoms with Gasteiger partial charge in [0.2, 0.25) is 5.91 Å². The van der Waals surface area contributed by atoms with E-state index in [0.29, 0.717) is 18.0 Å². The summed E-state index contributed by atoms with van der Waals surface area (Å²) in [6.45, 7) is 4.71. The smallest absolute Gasteiger partial charge is 0.293 e. The zero-order chi connectivity index (χ0) is 20.7. The minimum atomic E-state index is -0.295. The van der Waals surface area contributed by atoms with E-state index >= 15 is 0 Å². The van der Waals surface area contributed by atoms with Crippen molar-refractivity contribution in [3.05, 3.63) is 39.3 Å². The normalized spacial score (nSPS) is 11.6. The fraction of sp³-hybridized carbons (Fsp3) is 0.421. The predicted octanol–water partition coefficient (Wildman–Crippen LogP) is 0.182. The largest absolute Gasteiger partial charge is 0.493 e. The van der Waals surface area contributed by atoms with Gasteiger partial charge in [-0.15, -0.1) is 11.3 Å². The third-order valence-electron chi connectivity index (χ3n) is 4.12. The van der Waals surface area contributed by atoms with Crippen molar-refractivity contribution < 1.29 is 24.0 Å². The predicted molar refractivity (Wildman–Crippen MR) is 107 cm³/mol. The summed E-state index contributed by atoms with van der Waals surface area (Å²) in [7, 11) is 5.11. The number of nitrogens with one attached hydrogen (secondary N) is 3. The maximum atomic E-state index is 12.1. The molecule has 1 atom stereocenters. The molecule has 0 spiro atoms. The monoisotopic (exact) mass is 407 g/mol. The molecule has 152 valence electrons. The molecule has 28 heavy (non-hydrogen) atoms. The van der Waals surface area contributed by atoms with Crippen LogP contribution in [-0.4, -0.2) is 44.6 Å². The minimum Gasteiger partial charge on any atom is -0.493 e. The van der Waals surface area contributed by atoms with E-state index in [-0.39, 0.29) is 24.8 Å². The Morgan fingerprint density at radius 3 is 2.36 bits per heavy atom. The number of hydrazine groups is 1. The molecular weight excluding hydrogens is 380 g/mol. The van der Waals surface area contributed by atoms with Crippen molar-refractivity contribution in [1.82, 2.24) is 15.8 Å². The Bertz CT molecular complexity index is 837. The third kappa shape index (κ3) is 6.21. The molecule has 0 saturated carbocycles. The molecule has 0 radical (unpaired) electrons. The van der Waals surface area contributed by atoms with E-state index in [1.165, 1.54) is 11.3 Å². The molecular formula is C19H27N4O4S+. The van der Waals surface area contributed by atoms with Gasteiger partial charge in [-0.2, -0.15) is 0 Å². The lowest BCUT2D eigenvalue weighted by Crippen LogP contribution is -3.09. The van der Waals surface area contributed by atoms with Gasteiger partial charge in [0.25, 0.3) is 5.91 Å². The van der Waals surface area contributed by atoms with Gasteiger partial charge in [-0.1, -0.05) is 0 Å². The van der Waals surface area contributed by atoms with E-state index in [0.717, 1.165) is 26.7 Å². The summed E-state index contributed by atoms with van der Waals surface area (Å²) < 4.78 is 10.6. The maximum Gasteiger partial charge on any atom is 0.293 e. The second-order valence-electron chi connectivity index (χ2n) is 6.60. The number of rotatable bonds is 8. The molecule has 2 amide bonds. The summed E-state index contributed by atoms with van der Waals surface area (Å²) in [5.74, 6) is 0.776. The van der Waals surface area contributed by atoms with Crippen LogP contribution < -0.4 is 25.2 Å². The molecule has 1 aromatic carbocycles. The van der Waals surface area contributed by atoms with Crippen LogP contribution in [0.15, 0.2) is 17.5 Å². The second kappa shape index (κ2) is 10.0. The van der Waals surface area contributed by atoms with Gasteiger partial charge in [0.15, 0.2) is 18.0 Å². The minimum absolute atomic E-state index is 0.145. The number of aryl methyl sites for hydroxylation is 2. The van der Waals surface area contributed by atoms with Gasteiger partial charge in [-0.25, -0.2) is 4.98 Å². The van der Waals surface area contributed by atoms with Gasteiger partial charge in [-0.05, 0) is 31.5 Å². The van der Waals surface area contributed by atoms with E-state index in [1.807, 2.05) is 38.4 Å². The summed E-state index contributed by atoms with van der Waals surface area (Å²) in [4.78, 5) is 29.2. The first-order valence-electron chi connectivity index (χ1n) is 8.83. The molecule has 0 saturated heterocycles. The number of carbonyl (C=O) groups is 2. The Labute approximate surface area is 168 Å². The number of amides is 2. The molecule has 0 bridgehead atoms. The van der Waals surface area contributed by atoms with Crippen molar-refractivity contribution in [2.75, 3.05) is 27.8 Å². The van der Waals surface area contributed by atoms with Crippen LogP contribution in [0.2, 0.25) is 0 Å². The van der Waals surface area contributed by atoms with E-state index in [4.69, 9.17) is 9.47 Å². The molecule has 0 fully saturated rings. The number of likely N-dealkylation sites (N-methyl/N-ethyl adjacent to an activating group) is 1. The van der Waals surface area contributed by atoms with Gasteiger partial charge in [0, 0.05) is 16.6 Å². The number of hydrogen-bond acceptors (Lipinski definition) is 6. The van der Waals surface area contributed by atoms with E-state index < -0.39 is 0 Å². The van der Waals surface area contributed by atoms with Crippen LogP contribution in [0.4, 0.5) is 0 Å². The van der Waals surface area contributed by atoms with Crippen molar-refractivity contribution >= 4 is 23.2 Å². The Morgan fingerprint density at radius 1 is 1.11 bits per heavy atom. The lowest BCUT2D eigenvalue weighted by Gasteiger charge is -2.17. The van der Waals surface area contributed by atoms with Crippen molar-refractivity contribution in [3.8, 4) is 11.5 Å². The molecule has 3 N–H and O–H groups in total. The Morgan fingerprint density at radius 2 is 1.75 bits per heavy atom. The quantitative estimate of drug-likeness (QED) is 0.543. The number of thiazole rings is 1. The highest BCUT2D eigenvalue weighted by molar-refractivity contribution is 7.09. The van der Waals surface area contributed by atoms with Crippen LogP contribution in [0.25, 0.3) is 0 Å². The molecule has 2 aromatic rings.